The largest absolute Gasteiger partial charge is 0.379 e. The van der Waals surface area contributed by atoms with Crippen molar-refractivity contribution in [3.8, 4) is 0 Å². The van der Waals surface area contributed by atoms with Crippen LogP contribution in [0.5, 0.6) is 0 Å². The normalized spacial score (nSPS) is 15.5. The zero-order valence-electron chi connectivity index (χ0n) is 14.5. The zero-order valence-corrected chi connectivity index (χ0v) is 16.9. The highest BCUT2D eigenvalue weighted by Gasteiger charge is 2.27. The summed E-state index contributed by atoms with van der Waals surface area (Å²) in [6.07, 6.45) is 0. The molecule has 1 N–H and O–H groups in total. The Morgan fingerprint density at radius 2 is 1.85 bits per heavy atom. The van der Waals surface area contributed by atoms with E-state index in [0.717, 1.165) is 0 Å². The number of carbonyl (C=O) groups excluding carboxylic acids is 1. The Kier molecular flexibility index (Phi) is 6.08. The number of benzene rings is 2. The van der Waals surface area contributed by atoms with E-state index in [-0.39, 0.29) is 28.6 Å². The van der Waals surface area contributed by atoms with Gasteiger partial charge in [0.15, 0.2) is 0 Å². The second-order valence-corrected chi connectivity index (χ2v) is 8.77. The van der Waals surface area contributed by atoms with Gasteiger partial charge in [0.1, 0.15) is 0 Å². The van der Waals surface area contributed by atoms with Crippen LogP contribution in [0, 0.1) is 6.92 Å². The molecule has 0 saturated carbocycles. The molecular weight excluding hydrogens is 411 g/mol. The molecule has 3 rings (SSSR count). The number of nitrogens with zero attached hydrogens (tertiary/aromatic N) is 1. The first kappa shape index (κ1) is 20.1. The highest BCUT2D eigenvalue weighted by Crippen LogP contribution is 2.30. The number of ether oxygens (including phenoxy) is 1. The predicted molar refractivity (Wildman–Crippen MR) is 105 cm³/mol. The van der Waals surface area contributed by atoms with Crippen molar-refractivity contribution in [2.45, 2.75) is 11.8 Å². The van der Waals surface area contributed by atoms with Crippen molar-refractivity contribution >= 4 is 44.8 Å². The number of anilines is 1. The van der Waals surface area contributed by atoms with Crippen LogP contribution in [0.3, 0.4) is 0 Å². The number of carbonyl (C=O) groups is 1. The van der Waals surface area contributed by atoms with Gasteiger partial charge in [-0.05, 0) is 36.8 Å². The molecular formula is C18H18Cl2N2O4S. The van der Waals surface area contributed by atoms with Gasteiger partial charge in [0.2, 0.25) is 10.0 Å². The Morgan fingerprint density at radius 3 is 2.56 bits per heavy atom. The Balaban J connectivity index is 1.91. The molecule has 6 nitrogen and oxygen atoms in total. The summed E-state index contributed by atoms with van der Waals surface area (Å²) in [5, 5.41) is 3.22. The minimum absolute atomic E-state index is 0.0670. The number of rotatable bonds is 4. The zero-order chi connectivity index (χ0) is 19.6. The van der Waals surface area contributed by atoms with Gasteiger partial charge < -0.3 is 10.1 Å². The van der Waals surface area contributed by atoms with E-state index in [9.17, 15) is 13.2 Å². The number of halogens is 2. The molecule has 1 amide bonds. The molecule has 0 aromatic heterocycles. The molecule has 1 aliphatic heterocycles. The summed E-state index contributed by atoms with van der Waals surface area (Å²) < 4.78 is 32.2. The molecule has 9 heteroatoms. The molecule has 1 fully saturated rings. The summed E-state index contributed by atoms with van der Waals surface area (Å²) in [6.45, 7) is 3.02. The fourth-order valence-corrected chi connectivity index (χ4v) is 4.51. The van der Waals surface area contributed by atoms with Crippen LogP contribution in [-0.4, -0.2) is 44.9 Å². The molecule has 1 aliphatic rings. The van der Waals surface area contributed by atoms with E-state index >= 15 is 0 Å². The van der Waals surface area contributed by atoms with Gasteiger partial charge in [-0.15, -0.1) is 0 Å². The minimum Gasteiger partial charge on any atom is -0.379 e. The quantitative estimate of drug-likeness (QED) is 0.807. The Hall–Kier alpha value is -1.64. The Morgan fingerprint density at radius 1 is 1.15 bits per heavy atom. The Labute approximate surface area is 168 Å². The summed E-state index contributed by atoms with van der Waals surface area (Å²) in [5.74, 6) is -0.462. The third kappa shape index (κ3) is 4.28. The lowest BCUT2D eigenvalue weighted by Gasteiger charge is -2.26. The maximum absolute atomic E-state index is 12.8. The average Bonchev–Trinajstić information content (AvgIpc) is 2.66. The van der Waals surface area contributed by atoms with Crippen molar-refractivity contribution in [3.05, 3.63) is 57.6 Å². The molecule has 0 bridgehead atoms. The van der Waals surface area contributed by atoms with Gasteiger partial charge >= 0.3 is 0 Å². The van der Waals surface area contributed by atoms with E-state index in [4.69, 9.17) is 27.9 Å². The van der Waals surface area contributed by atoms with Crippen LogP contribution in [0.4, 0.5) is 5.69 Å². The van der Waals surface area contributed by atoms with Crippen molar-refractivity contribution in [1.29, 1.82) is 0 Å². The number of hydrogen-bond donors (Lipinski definition) is 1. The maximum Gasteiger partial charge on any atom is 0.256 e. The molecule has 2 aromatic rings. The highest BCUT2D eigenvalue weighted by atomic mass is 35.5. The fourth-order valence-electron chi connectivity index (χ4n) is 2.73. The molecule has 1 heterocycles. The van der Waals surface area contributed by atoms with Crippen molar-refractivity contribution in [2.75, 3.05) is 31.6 Å². The second-order valence-electron chi connectivity index (χ2n) is 6.05. The van der Waals surface area contributed by atoms with E-state index in [1.54, 1.807) is 31.2 Å². The van der Waals surface area contributed by atoms with Gasteiger partial charge in [0, 0.05) is 18.7 Å². The van der Waals surface area contributed by atoms with E-state index in [0.29, 0.717) is 29.5 Å². The molecule has 0 atom stereocenters. The maximum atomic E-state index is 12.8. The minimum atomic E-state index is -3.70. The predicted octanol–water partition coefficient (Wildman–Crippen LogP) is 3.58. The van der Waals surface area contributed by atoms with E-state index < -0.39 is 15.9 Å². The first-order chi connectivity index (χ1) is 12.8. The molecule has 27 heavy (non-hydrogen) atoms. The first-order valence-corrected chi connectivity index (χ1v) is 10.4. The molecule has 0 aliphatic carbocycles. The van der Waals surface area contributed by atoms with Gasteiger partial charge in [-0.1, -0.05) is 35.3 Å². The molecule has 0 unspecified atom stereocenters. The van der Waals surface area contributed by atoms with Gasteiger partial charge in [-0.25, -0.2) is 8.42 Å². The standard InChI is InChI=1S/C18H18Cl2N2O4S/c1-12-5-6-13(27(24,25)22-7-9-26-10-8-22)11-14(12)18(23)21-16-4-2-3-15(19)17(16)20/h2-6,11H,7-10H2,1H3,(H,21,23). The van der Waals surface area contributed by atoms with Crippen LogP contribution in [-0.2, 0) is 14.8 Å². The summed E-state index contributed by atoms with van der Waals surface area (Å²) in [6, 6.07) is 9.39. The smallest absolute Gasteiger partial charge is 0.256 e. The molecule has 2 aromatic carbocycles. The van der Waals surface area contributed by atoms with Crippen LogP contribution in [0.15, 0.2) is 41.3 Å². The van der Waals surface area contributed by atoms with Gasteiger partial charge in [0.25, 0.3) is 5.91 Å². The third-order valence-electron chi connectivity index (χ3n) is 4.26. The number of sulfonamides is 1. The second kappa shape index (κ2) is 8.16. The number of hydrogen-bond acceptors (Lipinski definition) is 4. The molecule has 144 valence electrons. The van der Waals surface area contributed by atoms with E-state index in [1.807, 2.05) is 0 Å². The summed E-state index contributed by atoms with van der Waals surface area (Å²) in [5.41, 5.74) is 1.25. The van der Waals surface area contributed by atoms with Crippen LogP contribution in [0.25, 0.3) is 0 Å². The first-order valence-electron chi connectivity index (χ1n) is 8.24. The lowest BCUT2D eigenvalue weighted by Crippen LogP contribution is -2.40. The molecule has 0 radical (unpaired) electrons. The number of aryl methyl sites for hydroxylation is 1. The fraction of sp³-hybridized carbons (Fsp3) is 0.278. The number of morpholine rings is 1. The van der Waals surface area contributed by atoms with E-state index in [1.165, 1.54) is 16.4 Å². The van der Waals surface area contributed by atoms with Crippen LogP contribution in [0.1, 0.15) is 15.9 Å². The summed E-state index contributed by atoms with van der Waals surface area (Å²) >= 11 is 12.1. The van der Waals surface area contributed by atoms with Crippen molar-refractivity contribution in [1.82, 2.24) is 4.31 Å². The van der Waals surface area contributed by atoms with Crippen molar-refractivity contribution in [2.24, 2.45) is 0 Å². The van der Waals surface area contributed by atoms with Crippen LogP contribution >= 0.6 is 23.2 Å². The lowest BCUT2D eigenvalue weighted by atomic mass is 10.1. The van der Waals surface area contributed by atoms with Gasteiger partial charge in [-0.2, -0.15) is 4.31 Å². The van der Waals surface area contributed by atoms with Gasteiger partial charge in [-0.3, -0.25) is 4.79 Å². The number of nitrogens with one attached hydrogen (secondary N) is 1. The molecule has 0 spiro atoms. The van der Waals surface area contributed by atoms with Crippen LogP contribution < -0.4 is 5.32 Å². The topological polar surface area (TPSA) is 75.7 Å². The highest BCUT2D eigenvalue weighted by molar-refractivity contribution is 7.89. The average molecular weight is 429 g/mol. The van der Waals surface area contributed by atoms with E-state index in [2.05, 4.69) is 5.32 Å². The van der Waals surface area contributed by atoms with Crippen molar-refractivity contribution in [3.63, 3.8) is 0 Å². The summed E-state index contributed by atoms with van der Waals surface area (Å²) in [4.78, 5) is 12.8. The number of amides is 1. The van der Waals surface area contributed by atoms with Crippen molar-refractivity contribution < 1.29 is 17.9 Å². The monoisotopic (exact) mass is 428 g/mol. The lowest BCUT2D eigenvalue weighted by molar-refractivity contribution is 0.0730. The Bertz CT molecular complexity index is 973. The SMILES string of the molecule is Cc1ccc(S(=O)(=O)N2CCOCC2)cc1C(=O)Nc1cccc(Cl)c1Cl. The third-order valence-corrected chi connectivity index (χ3v) is 6.97. The van der Waals surface area contributed by atoms with Gasteiger partial charge in [0.05, 0.1) is 33.8 Å². The molecule has 1 saturated heterocycles. The van der Waals surface area contributed by atoms with Crippen LogP contribution in [0.2, 0.25) is 10.0 Å². The summed E-state index contributed by atoms with van der Waals surface area (Å²) in [7, 11) is -3.70.